The highest BCUT2D eigenvalue weighted by molar-refractivity contribution is 6.31. The third-order valence-corrected chi connectivity index (χ3v) is 3.46. The van der Waals surface area contributed by atoms with Crippen LogP contribution in [0.1, 0.15) is 15.9 Å². The Morgan fingerprint density at radius 1 is 1.24 bits per heavy atom. The Labute approximate surface area is 131 Å². The molecule has 21 heavy (non-hydrogen) atoms. The van der Waals surface area contributed by atoms with E-state index in [0.29, 0.717) is 33.4 Å². The molecule has 0 radical (unpaired) electrons. The van der Waals surface area contributed by atoms with Gasteiger partial charge in [0, 0.05) is 16.6 Å². The summed E-state index contributed by atoms with van der Waals surface area (Å²) in [5.74, 6) is -0.874. The Bertz CT molecular complexity index is 677. The summed E-state index contributed by atoms with van der Waals surface area (Å²) in [6, 6.07) is 8.92. The second-order valence-corrected chi connectivity index (χ2v) is 5.11. The molecule has 0 fully saturated rings. The van der Waals surface area contributed by atoms with E-state index < -0.39 is 11.8 Å². The second kappa shape index (κ2) is 6.78. The molecule has 0 bridgehead atoms. The lowest BCUT2D eigenvalue weighted by Gasteiger charge is -2.12. The van der Waals surface area contributed by atoms with Crippen LogP contribution in [0.25, 0.3) is 0 Å². The summed E-state index contributed by atoms with van der Waals surface area (Å²) in [7, 11) is 1.30. The fraction of sp³-hybridized carbons (Fsp3) is 0.133. The van der Waals surface area contributed by atoms with Crippen LogP contribution < -0.4 is 5.32 Å². The molecule has 2 aromatic carbocycles. The number of benzene rings is 2. The number of esters is 1. The summed E-state index contributed by atoms with van der Waals surface area (Å²) in [5, 5.41) is 3.84. The second-order valence-electron chi connectivity index (χ2n) is 4.27. The number of carbonyl (C=O) groups is 1. The van der Waals surface area contributed by atoms with Crippen LogP contribution in [0.4, 0.5) is 10.1 Å². The number of rotatable bonds is 4. The van der Waals surface area contributed by atoms with Crippen molar-refractivity contribution in [3.8, 4) is 0 Å². The Morgan fingerprint density at radius 2 is 2.00 bits per heavy atom. The molecule has 0 aromatic heterocycles. The number of methoxy groups -OCH3 is 1. The Balaban J connectivity index is 2.23. The summed E-state index contributed by atoms with van der Waals surface area (Å²) >= 11 is 11.9. The quantitative estimate of drug-likeness (QED) is 0.838. The molecule has 0 spiro atoms. The van der Waals surface area contributed by atoms with Crippen molar-refractivity contribution >= 4 is 34.9 Å². The molecule has 3 nitrogen and oxygen atoms in total. The van der Waals surface area contributed by atoms with Crippen LogP contribution in [-0.2, 0) is 11.3 Å². The van der Waals surface area contributed by atoms with Crippen LogP contribution in [0.5, 0.6) is 0 Å². The molecule has 2 rings (SSSR count). The van der Waals surface area contributed by atoms with Crippen molar-refractivity contribution in [2.45, 2.75) is 6.54 Å². The number of carbonyl (C=O) groups excluding carboxylic acids is 1. The monoisotopic (exact) mass is 327 g/mol. The number of ether oxygens (including phenoxy) is 1. The van der Waals surface area contributed by atoms with Gasteiger partial charge in [-0.25, -0.2) is 9.18 Å². The summed E-state index contributed by atoms with van der Waals surface area (Å²) in [5.41, 5.74) is 1.59. The van der Waals surface area contributed by atoms with Crippen LogP contribution in [0.3, 0.4) is 0 Å². The Morgan fingerprint density at radius 3 is 2.67 bits per heavy atom. The number of nitrogens with one attached hydrogen (secondary N) is 1. The molecule has 0 amide bonds. The molecule has 0 heterocycles. The van der Waals surface area contributed by atoms with Crippen LogP contribution in [0, 0.1) is 5.82 Å². The van der Waals surface area contributed by atoms with Gasteiger partial charge in [-0.3, -0.25) is 0 Å². The van der Waals surface area contributed by atoms with Gasteiger partial charge in [-0.15, -0.1) is 0 Å². The number of anilines is 1. The van der Waals surface area contributed by atoms with Gasteiger partial charge < -0.3 is 10.1 Å². The zero-order valence-corrected chi connectivity index (χ0v) is 12.6. The van der Waals surface area contributed by atoms with Gasteiger partial charge in [0.1, 0.15) is 5.82 Å². The van der Waals surface area contributed by atoms with Crippen LogP contribution in [-0.4, -0.2) is 13.1 Å². The first kappa shape index (κ1) is 15.6. The molecule has 1 N–H and O–H groups in total. The van der Waals surface area contributed by atoms with Crippen molar-refractivity contribution in [2.24, 2.45) is 0 Å². The Hall–Kier alpha value is -1.78. The summed E-state index contributed by atoms with van der Waals surface area (Å²) in [6.07, 6.45) is 0. The summed E-state index contributed by atoms with van der Waals surface area (Å²) in [4.78, 5) is 11.7. The largest absolute Gasteiger partial charge is 0.465 e. The van der Waals surface area contributed by atoms with E-state index in [9.17, 15) is 9.18 Å². The molecule has 0 atom stereocenters. The van der Waals surface area contributed by atoms with Crippen LogP contribution >= 0.6 is 23.2 Å². The highest BCUT2D eigenvalue weighted by Gasteiger charge is 2.12. The van der Waals surface area contributed by atoms with Crippen LogP contribution in [0.2, 0.25) is 10.0 Å². The van der Waals surface area contributed by atoms with E-state index in [1.54, 1.807) is 24.3 Å². The van der Waals surface area contributed by atoms with Gasteiger partial charge in [-0.1, -0.05) is 29.3 Å². The maximum absolute atomic E-state index is 13.0. The van der Waals surface area contributed by atoms with Crippen molar-refractivity contribution in [1.82, 2.24) is 0 Å². The third-order valence-electron chi connectivity index (χ3n) is 2.87. The molecular weight excluding hydrogens is 316 g/mol. The van der Waals surface area contributed by atoms with Gasteiger partial charge >= 0.3 is 5.97 Å². The molecule has 0 aliphatic rings. The van der Waals surface area contributed by atoms with Gasteiger partial charge in [-0.05, 0) is 35.9 Å². The van der Waals surface area contributed by atoms with E-state index in [0.717, 1.165) is 0 Å². The lowest BCUT2D eigenvalue weighted by Crippen LogP contribution is -2.08. The summed E-state index contributed by atoms with van der Waals surface area (Å²) < 4.78 is 17.7. The first-order chi connectivity index (χ1) is 10.0. The van der Waals surface area contributed by atoms with Crippen molar-refractivity contribution in [3.05, 3.63) is 63.4 Å². The minimum absolute atomic E-state index is 0.309. The summed E-state index contributed by atoms with van der Waals surface area (Å²) in [6.45, 7) is 0.323. The van der Waals surface area contributed by atoms with Gasteiger partial charge in [0.15, 0.2) is 0 Å². The zero-order valence-electron chi connectivity index (χ0n) is 11.1. The highest BCUT2D eigenvalue weighted by atomic mass is 35.5. The third kappa shape index (κ3) is 3.86. The molecule has 2 aromatic rings. The number of halogens is 3. The molecule has 0 saturated carbocycles. The minimum atomic E-state index is -0.473. The van der Waals surface area contributed by atoms with Crippen LogP contribution in [0.15, 0.2) is 36.4 Å². The molecule has 6 heteroatoms. The van der Waals surface area contributed by atoms with E-state index in [4.69, 9.17) is 27.9 Å². The topological polar surface area (TPSA) is 38.3 Å². The van der Waals surface area contributed by atoms with E-state index in [1.165, 1.54) is 19.2 Å². The number of hydrogen-bond donors (Lipinski definition) is 1. The fourth-order valence-electron chi connectivity index (χ4n) is 1.81. The zero-order chi connectivity index (χ0) is 15.4. The van der Waals surface area contributed by atoms with Gasteiger partial charge in [-0.2, -0.15) is 0 Å². The normalized spacial score (nSPS) is 10.3. The predicted octanol–water partition coefficient (Wildman–Crippen LogP) is 4.53. The van der Waals surface area contributed by atoms with Crippen molar-refractivity contribution in [1.29, 1.82) is 0 Å². The van der Waals surface area contributed by atoms with E-state index in [2.05, 4.69) is 5.32 Å². The minimum Gasteiger partial charge on any atom is -0.465 e. The smallest absolute Gasteiger partial charge is 0.339 e. The van der Waals surface area contributed by atoms with Gasteiger partial charge in [0.25, 0.3) is 0 Å². The van der Waals surface area contributed by atoms with Crippen molar-refractivity contribution in [2.75, 3.05) is 12.4 Å². The molecule has 0 aliphatic heterocycles. The molecule has 0 unspecified atom stereocenters. The average molecular weight is 328 g/mol. The SMILES string of the molecule is COC(=O)c1ccc(Cl)cc1NCc1ccc(F)cc1Cl. The van der Waals surface area contributed by atoms with E-state index in [-0.39, 0.29) is 0 Å². The molecular formula is C15H12Cl2FNO2. The van der Waals surface area contributed by atoms with Gasteiger partial charge in [0.05, 0.1) is 18.4 Å². The lowest BCUT2D eigenvalue weighted by atomic mass is 10.1. The van der Waals surface area contributed by atoms with E-state index in [1.807, 2.05) is 0 Å². The fourth-order valence-corrected chi connectivity index (χ4v) is 2.21. The van der Waals surface area contributed by atoms with Crippen molar-refractivity contribution in [3.63, 3.8) is 0 Å². The Kier molecular flexibility index (Phi) is 5.04. The number of hydrogen-bond acceptors (Lipinski definition) is 3. The standard InChI is InChI=1S/C15H12Cl2FNO2/c1-21-15(20)12-5-3-10(16)6-14(12)19-8-9-2-4-11(18)7-13(9)17/h2-7,19H,8H2,1H3. The maximum atomic E-state index is 13.0. The maximum Gasteiger partial charge on any atom is 0.339 e. The first-order valence-electron chi connectivity index (χ1n) is 6.07. The average Bonchev–Trinajstić information content (AvgIpc) is 2.45. The van der Waals surface area contributed by atoms with E-state index >= 15 is 0 Å². The lowest BCUT2D eigenvalue weighted by molar-refractivity contribution is 0.0602. The van der Waals surface area contributed by atoms with Crippen molar-refractivity contribution < 1.29 is 13.9 Å². The predicted molar refractivity (Wildman–Crippen MR) is 81.5 cm³/mol. The molecule has 0 saturated heterocycles. The van der Waals surface area contributed by atoms with Gasteiger partial charge in [0.2, 0.25) is 0 Å². The first-order valence-corrected chi connectivity index (χ1v) is 6.82. The molecule has 0 aliphatic carbocycles. The molecule has 110 valence electrons. The highest BCUT2D eigenvalue weighted by Crippen LogP contribution is 2.24.